The fraction of sp³-hybridized carbons (Fsp3) is 0.939. The lowest BCUT2D eigenvalue weighted by Crippen LogP contribution is -2.63. The number of hydrogen-bond donors (Lipinski definition) is 3. The molecule has 4 aliphatic rings. The molecule has 38 heavy (non-hydrogen) atoms. The van der Waals surface area contributed by atoms with E-state index in [1.165, 1.54) is 64.2 Å². The van der Waals surface area contributed by atoms with E-state index in [9.17, 15) is 5.11 Å². The summed E-state index contributed by atoms with van der Waals surface area (Å²) in [5, 5.41) is 19.6. The van der Waals surface area contributed by atoms with Gasteiger partial charge in [-0.2, -0.15) is 0 Å². The monoisotopic (exact) mass is 530 g/mol. The van der Waals surface area contributed by atoms with Gasteiger partial charge in [0.25, 0.3) is 0 Å². The first-order chi connectivity index (χ1) is 17.6. The number of nitrogens with one attached hydrogen (secondary N) is 2. The second-order valence-corrected chi connectivity index (χ2v) is 16.2. The fourth-order valence-corrected chi connectivity index (χ4v) is 9.24. The van der Waals surface area contributed by atoms with Crippen LogP contribution in [0.4, 0.5) is 0 Å². The summed E-state index contributed by atoms with van der Waals surface area (Å²) in [5.41, 5.74) is 0.421. The van der Waals surface area contributed by atoms with Gasteiger partial charge in [-0.25, -0.2) is 0 Å². The number of piperidine rings is 2. The molecule has 5 heteroatoms. The molecule has 0 aromatic carbocycles. The SMILES string of the molecule is CC1(C)CC(N(C=C(O)CN(C2CCCCC2)C2CC(C)(C)NC(C)(C)C2)C2CCCCC2)CC(C)(C)N1. The van der Waals surface area contributed by atoms with E-state index in [2.05, 4.69) is 82.0 Å². The maximum Gasteiger partial charge on any atom is 0.122 e. The molecule has 2 aliphatic heterocycles. The third-order valence-corrected chi connectivity index (χ3v) is 9.91. The molecular formula is C33H62N4O. The van der Waals surface area contributed by atoms with Crippen LogP contribution in [0.5, 0.6) is 0 Å². The van der Waals surface area contributed by atoms with Gasteiger partial charge in [-0.3, -0.25) is 4.90 Å². The Morgan fingerprint density at radius 2 is 1.00 bits per heavy atom. The molecule has 2 saturated carbocycles. The lowest BCUT2D eigenvalue weighted by Gasteiger charge is -2.52. The number of nitrogens with zero attached hydrogens (tertiary/aromatic N) is 2. The van der Waals surface area contributed by atoms with Crippen molar-refractivity contribution in [2.45, 2.75) is 192 Å². The van der Waals surface area contributed by atoms with E-state index in [-0.39, 0.29) is 22.2 Å². The molecule has 2 heterocycles. The van der Waals surface area contributed by atoms with Gasteiger partial charge in [0.2, 0.25) is 0 Å². The molecule has 0 aromatic heterocycles. The molecule has 220 valence electrons. The molecule has 2 aliphatic carbocycles. The van der Waals surface area contributed by atoms with E-state index in [0.717, 1.165) is 25.7 Å². The third kappa shape index (κ3) is 8.13. The Labute approximate surface area is 235 Å². The van der Waals surface area contributed by atoms with Gasteiger partial charge in [-0.15, -0.1) is 0 Å². The van der Waals surface area contributed by atoms with E-state index in [1.807, 2.05) is 0 Å². The van der Waals surface area contributed by atoms with Gasteiger partial charge in [0.1, 0.15) is 5.76 Å². The second-order valence-electron chi connectivity index (χ2n) is 16.2. The van der Waals surface area contributed by atoms with Crippen LogP contribution in [0, 0.1) is 0 Å². The average molecular weight is 531 g/mol. The van der Waals surface area contributed by atoms with Crippen LogP contribution >= 0.6 is 0 Å². The first-order valence-electron chi connectivity index (χ1n) is 16.2. The Morgan fingerprint density at radius 3 is 1.45 bits per heavy atom. The van der Waals surface area contributed by atoms with Crippen LogP contribution in [-0.4, -0.2) is 67.8 Å². The standard InChI is InChI=1S/C33H62N4O/c1-30(2)19-27(20-31(3,4)34-30)36(25-15-11-9-12-16-25)23-29(38)24-37(26-17-13-10-14-18-26)28-21-32(5,6)35-33(7,8)22-28/h23,25-28,34-35,38H,9-22,24H2,1-8H3. The van der Waals surface area contributed by atoms with E-state index in [1.54, 1.807) is 0 Å². The molecule has 0 spiro atoms. The summed E-state index contributed by atoms with van der Waals surface area (Å²) in [5.74, 6) is 0.587. The Morgan fingerprint density at radius 1 is 0.605 bits per heavy atom. The van der Waals surface area contributed by atoms with Crippen molar-refractivity contribution in [2.24, 2.45) is 0 Å². The average Bonchev–Trinajstić information content (AvgIpc) is 2.78. The molecule has 0 bridgehead atoms. The molecule has 4 fully saturated rings. The van der Waals surface area contributed by atoms with Crippen molar-refractivity contribution in [3.8, 4) is 0 Å². The largest absolute Gasteiger partial charge is 0.509 e. The number of rotatable bonds is 7. The summed E-state index contributed by atoms with van der Waals surface area (Å²) in [7, 11) is 0. The van der Waals surface area contributed by atoms with Gasteiger partial charge in [0.05, 0.1) is 6.54 Å². The topological polar surface area (TPSA) is 50.8 Å². The van der Waals surface area contributed by atoms with Gasteiger partial charge >= 0.3 is 0 Å². The zero-order valence-corrected chi connectivity index (χ0v) is 26.3. The summed E-state index contributed by atoms with van der Waals surface area (Å²) in [6.45, 7) is 19.6. The van der Waals surface area contributed by atoms with Crippen molar-refractivity contribution in [1.82, 2.24) is 20.4 Å². The van der Waals surface area contributed by atoms with Crippen LogP contribution in [0.15, 0.2) is 12.0 Å². The van der Waals surface area contributed by atoms with Gasteiger partial charge < -0.3 is 20.6 Å². The van der Waals surface area contributed by atoms with Crippen molar-refractivity contribution in [3.05, 3.63) is 12.0 Å². The molecule has 4 rings (SSSR count). The highest BCUT2D eigenvalue weighted by atomic mass is 16.3. The fourth-order valence-electron chi connectivity index (χ4n) is 9.24. The summed E-state index contributed by atoms with van der Waals surface area (Å²) < 4.78 is 0. The first kappa shape index (κ1) is 30.2. The smallest absolute Gasteiger partial charge is 0.122 e. The van der Waals surface area contributed by atoms with Gasteiger partial charge in [0.15, 0.2) is 0 Å². The van der Waals surface area contributed by atoms with Crippen LogP contribution in [0.2, 0.25) is 0 Å². The zero-order chi connectivity index (χ0) is 27.8. The maximum absolute atomic E-state index is 11.8. The second kappa shape index (κ2) is 11.6. The summed E-state index contributed by atoms with van der Waals surface area (Å²) in [6, 6.07) is 2.11. The normalized spacial score (nSPS) is 29.4. The Balaban J connectivity index is 1.60. The van der Waals surface area contributed by atoms with Gasteiger partial charge in [-0.05, 0) is 107 Å². The summed E-state index contributed by atoms with van der Waals surface area (Å²) in [6.07, 6.45) is 19.9. The summed E-state index contributed by atoms with van der Waals surface area (Å²) >= 11 is 0. The minimum absolute atomic E-state index is 0.100. The predicted molar refractivity (Wildman–Crippen MR) is 162 cm³/mol. The zero-order valence-electron chi connectivity index (χ0n) is 26.3. The third-order valence-electron chi connectivity index (χ3n) is 9.91. The quantitative estimate of drug-likeness (QED) is 0.302. The molecular weight excluding hydrogens is 468 g/mol. The van der Waals surface area contributed by atoms with Crippen LogP contribution in [-0.2, 0) is 0 Å². The molecule has 0 amide bonds. The van der Waals surface area contributed by atoms with E-state index < -0.39 is 0 Å². The number of aliphatic hydroxyl groups is 1. The van der Waals surface area contributed by atoms with E-state index in [4.69, 9.17) is 0 Å². The van der Waals surface area contributed by atoms with Crippen LogP contribution in [0.25, 0.3) is 0 Å². The van der Waals surface area contributed by atoms with Crippen molar-refractivity contribution in [2.75, 3.05) is 6.54 Å². The van der Waals surface area contributed by atoms with Gasteiger partial charge in [0, 0.05) is 52.5 Å². The highest BCUT2D eigenvalue weighted by molar-refractivity contribution is 5.08. The van der Waals surface area contributed by atoms with Crippen molar-refractivity contribution >= 4 is 0 Å². The Bertz CT molecular complexity index is 772. The van der Waals surface area contributed by atoms with Crippen LogP contribution in [0.1, 0.15) is 145 Å². The maximum atomic E-state index is 11.8. The molecule has 5 nitrogen and oxygen atoms in total. The van der Waals surface area contributed by atoms with Crippen LogP contribution < -0.4 is 10.6 Å². The lowest BCUT2D eigenvalue weighted by atomic mass is 9.77. The number of aliphatic hydroxyl groups excluding tert-OH is 1. The van der Waals surface area contributed by atoms with E-state index >= 15 is 0 Å². The predicted octanol–water partition coefficient (Wildman–Crippen LogP) is 7.27. The Kier molecular flexibility index (Phi) is 9.22. The minimum atomic E-state index is 0.100. The molecule has 3 N–H and O–H groups in total. The lowest BCUT2D eigenvalue weighted by molar-refractivity contribution is 0.0246. The molecule has 0 unspecified atom stereocenters. The van der Waals surface area contributed by atoms with E-state index in [0.29, 0.717) is 36.5 Å². The van der Waals surface area contributed by atoms with Crippen molar-refractivity contribution < 1.29 is 5.11 Å². The summed E-state index contributed by atoms with van der Waals surface area (Å²) in [4.78, 5) is 5.39. The molecule has 0 radical (unpaired) electrons. The minimum Gasteiger partial charge on any atom is -0.509 e. The van der Waals surface area contributed by atoms with Crippen molar-refractivity contribution in [1.29, 1.82) is 0 Å². The first-order valence-corrected chi connectivity index (χ1v) is 16.2. The van der Waals surface area contributed by atoms with Crippen molar-refractivity contribution in [3.63, 3.8) is 0 Å². The number of hydrogen-bond acceptors (Lipinski definition) is 5. The molecule has 2 saturated heterocycles. The molecule has 0 aromatic rings. The van der Waals surface area contributed by atoms with Gasteiger partial charge in [-0.1, -0.05) is 38.5 Å². The van der Waals surface area contributed by atoms with Crippen LogP contribution in [0.3, 0.4) is 0 Å². The highest BCUT2D eigenvalue weighted by Crippen LogP contribution is 2.38. The Hall–Kier alpha value is -0.780. The highest BCUT2D eigenvalue weighted by Gasteiger charge is 2.43. The molecule has 0 atom stereocenters.